The Morgan fingerprint density at radius 1 is 1.24 bits per heavy atom. The molecule has 2 aromatic rings. The van der Waals surface area contributed by atoms with Gasteiger partial charge in [0, 0.05) is 11.3 Å². The van der Waals surface area contributed by atoms with E-state index < -0.39 is 17.7 Å². The minimum atomic E-state index is -1.08. The summed E-state index contributed by atoms with van der Waals surface area (Å²) in [5.41, 5.74) is 6.28. The predicted molar refractivity (Wildman–Crippen MR) is 76.9 cm³/mol. The maximum atomic E-state index is 13.3. The second kappa shape index (κ2) is 5.62. The quantitative estimate of drug-likeness (QED) is 0.757. The van der Waals surface area contributed by atoms with E-state index in [1.165, 1.54) is 24.3 Å². The number of halogens is 1. The summed E-state index contributed by atoms with van der Waals surface area (Å²) in [4.78, 5) is 23.1. The molecule has 1 amide bonds. The molecule has 0 heterocycles. The number of nitrogens with one attached hydrogen (secondary N) is 1. The van der Waals surface area contributed by atoms with Crippen LogP contribution in [0.15, 0.2) is 36.4 Å². The molecule has 2 rings (SSSR count). The summed E-state index contributed by atoms with van der Waals surface area (Å²) < 4.78 is 13.3. The lowest BCUT2D eigenvalue weighted by molar-refractivity contribution is 0.0695. The molecule has 0 aliphatic rings. The molecule has 0 fully saturated rings. The Kier molecular flexibility index (Phi) is 3.89. The molecule has 0 aliphatic carbocycles. The van der Waals surface area contributed by atoms with Crippen LogP contribution in [0.2, 0.25) is 0 Å². The van der Waals surface area contributed by atoms with Crippen molar-refractivity contribution in [2.24, 2.45) is 0 Å². The molecule has 0 aliphatic heterocycles. The van der Waals surface area contributed by atoms with Crippen molar-refractivity contribution in [3.63, 3.8) is 0 Å². The fraction of sp³-hybridized carbons (Fsp3) is 0.0667. The highest BCUT2D eigenvalue weighted by atomic mass is 19.1. The molecular weight excluding hydrogens is 275 g/mol. The van der Waals surface area contributed by atoms with Crippen LogP contribution >= 0.6 is 0 Å². The minimum Gasteiger partial charge on any atom is -0.478 e. The number of carbonyl (C=O) groups excluding carboxylic acids is 1. The monoisotopic (exact) mass is 288 g/mol. The van der Waals surface area contributed by atoms with Crippen LogP contribution < -0.4 is 11.1 Å². The maximum Gasteiger partial charge on any atom is 0.336 e. The lowest BCUT2D eigenvalue weighted by Crippen LogP contribution is -2.14. The van der Waals surface area contributed by atoms with E-state index in [1.807, 2.05) is 0 Å². The van der Waals surface area contributed by atoms with Gasteiger partial charge in [0.15, 0.2) is 0 Å². The largest absolute Gasteiger partial charge is 0.478 e. The summed E-state index contributed by atoms with van der Waals surface area (Å²) >= 11 is 0. The SMILES string of the molecule is Cc1c(NC(=O)c2ccc(N)c(F)c2)cccc1C(=O)O. The van der Waals surface area contributed by atoms with Crippen LogP contribution in [0.5, 0.6) is 0 Å². The van der Waals surface area contributed by atoms with Crippen molar-refractivity contribution in [3.8, 4) is 0 Å². The number of benzene rings is 2. The Morgan fingerprint density at radius 2 is 1.95 bits per heavy atom. The molecule has 2 aromatic carbocycles. The minimum absolute atomic E-state index is 0.0457. The van der Waals surface area contributed by atoms with Gasteiger partial charge in [-0.05, 0) is 42.8 Å². The van der Waals surface area contributed by atoms with Crippen molar-refractivity contribution in [2.45, 2.75) is 6.92 Å². The van der Waals surface area contributed by atoms with Crippen LogP contribution in [0.1, 0.15) is 26.3 Å². The van der Waals surface area contributed by atoms with Crippen molar-refractivity contribution >= 4 is 23.3 Å². The standard InChI is InChI=1S/C15H13FN2O3/c1-8-10(15(20)21)3-2-4-13(8)18-14(19)9-5-6-12(17)11(16)7-9/h2-7H,17H2,1H3,(H,18,19)(H,20,21). The average molecular weight is 288 g/mol. The van der Waals surface area contributed by atoms with E-state index in [0.717, 1.165) is 6.07 Å². The van der Waals surface area contributed by atoms with Crippen LogP contribution in [0, 0.1) is 12.7 Å². The highest BCUT2D eigenvalue weighted by Crippen LogP contribution is 2.20. The fourth-order valence-corrected chi connectivity index (χ4v) is 1.87. The van der Waals surface area contributed by atoms with Crippen LogP contribution in [0.4, 0.5) is 15.8 Å². The zero-order chi connectivity index (χ0) is 15.6. The first-order valence-corrected chi connectivity index (χ1v) is 6.09. The Bertz CT molecular complexity index is 729. The van der Waals surface area contributed by atoms with E-state index >= 15 is 0 Å². The van der Waals surface area contributed by atoms with E-state index in [9.17, 15) is 14.0 Å². The van der Waals surface area contributed by atoms with E-state index in [2.05, 4.69) is 5.32 Å². The Labute approximate surface area is 120 Å². The van der Waals surface area contributed by atoms with Gasteiger partial charge in [0.1, 0.15) is 5.82 Å². The van der Waals surface area contributed by atoms with Crippen molar-refractivity contribution < 1.29 is 19.1 Å². The molecule has 0 aromatic heterocycles. The molecule has 0 saturated carbocycles. The summed E-state index contributed by atoms with van der Waals surface area (Å²) in [6.07, 6.45) is 0. The lowest BCUT2D eigenvalue weighted by atomic mass is 10.1. The zero-order valence-corrected chi connectivity index (χ0v) is 11.2. The van der Waals surface area contributed by atoms with Gasteiger partial charge in [-0.25, -0.2) is 9.18 Å². The van der Waals surface area contributed by atoms with E-state index in [0.29, 0.717) is 11.3 Å². The van der Waals surface area contributed by atoms with Crippen molar-refractivity contribution in [3.05, 3.63) is 58.9 Å². The first kappa shape index (κ1) is 14.5. The number of amides is 1. The fourth-order valence-electron chi connectivity index (χ4n) is 1.87. The molecule has 6 heteroatoms. The average Bonchev–Trinajstić information content (AvgIpc) is 2.43. The summed E-state index contributed by atoms with van der Waals surface area (Å²) in [5.74, 6) is -2.31. The van der Waals surface area contributed by atoms with Gasteiger partial charge < -0.3 is 16.2 Å². The Morgan fingerprint density at radius 3 is 2.57 bits per heavy atom. The molecule has 5 nitrogen and oxygen atoms in total. The third kappa shape index (κ3) is 3.00. The third-order valence-corrected chi connectivity index (χ3v) is 3.08. The van der Waals surface area contributed by atoms with Gasteiger partial charge in [0.2, 0.25) is 0 Å². The van der Waals surface area contributed by atoms with Gasteiger partial charge in [0.25, 0.3) is 5.91 Å². The first-order valence-electron chi connectivity index (χ1n) is 6.09. The highest BCUT2D eigenvalue weighted by molar-refractivity contribution is 6.05. The normalized spacial score (nSPS) is 10.2. The smallest absolute Gasteiger partial charge is 0.336 e. The number of hydrogen-bond acceptors (Lipinski definition) is 3. The number of nitrogen functional groups attached to an aromatic ring is 1. The number of anilines is 2. The van der Waals surface area contributed by atoms with Crippen molar-refractivity contribution in [2.75, 3.05) is 11.1 Å². The summed E-state index contributed by atoms with van der Waals surface area (Å²) in [5, 5.41) is 11.6. The maximum absolute atomic E-state index is 13.3. The van der Waals surface area contributed by atoms with Crippen LogP contribution in [-0.4, -0.2) is 17.0 Å². The number of hydrogen-bond donors (Lipinski definition) is 3. The topological polar surface area (TPSA) is 92.4 Å². The van der Waals surface area contributed by atoms with Gasteiger partial charge >= 0.3 is 5.97 Å². The predicted octanol–water partition coefficient (Wildman–Crippen LogP) is 2.67. The summed E-state index contributed by atoms with van der Waals surface area (Å²) in [6.45, 7) is 1.59. The molecular formula is C15H13FN2O3. The molecule has 0 radical (unpaired) electrons. The number of carbonyl (C=O) groups is 2. The molecule has 108 valence electrons. The van der Waals surface area contributed by atoms with Crippen LogP contribution in [0.25, 0.3) is 0 Å². The number of carboxylic acid groups (broad SMARTS) is 1. The lowest BCUT2D eigenvalue weighted by Gasteiger charge is -2.10. The molecule has 0 atom stereocenters. The van der Waals surface area contributed by atoms with Crippen LogP contribution in [0.3, 0.4) is 0 Å². The van der Waals surface area contributed by atoms with Gasteiger partial charge in [-0.2, -0.15) is 0 Å². The third-order valence-electron chi connectivity index (χ3n) is 3.08. The van der Waals surface area contributed by atoms with Crippen molar-refractivity contribution in [1.82, 2.24) is 0 Å². The highest BCUT2D eigenvalue weighted by Gasteiger charge is 2.13. The number of carboxylic acids is 1. The van der Waals surface area contributed by atoms with E-state index in [4.69, 9.17) is 10.8 Å². The molecule has 0 spiro atoms. The van der Waals surface area contributed by atoms with E-state index in [1.54, 1.807) is 13.0 Å². The molecule has 0 saturated heterocycles. The molecule has 4 N–H and O–H groups in total. The van der Waals surface area contributed by atoms with Crippen LogP contribution in [-0.2, 0) is 0 Å². The molecule has 0 bridgehead atoms. The van der Waals surface area contributed by atoms with Gasteiger partial charge in [0.05, 0.1) is 11.3 Å². The first-order chi connectivity index (χ1) is 9.90. The Hall–Kier alpha value is -2.89. The van der Waals surface area contributed by atoms with E-state index in [-0.39, 0.29) is 16.8 Å². The number of aromatic carboxylic acids is 1. The summed E-state index contributed by atoms with van der Waals surface area (Å²) in [6, 6.07) is 8.26. The molecule has 21 heavy (non-hydrogen) atoms. The second-order valence-electron chi connectivity index (χ2n) is 4.47. The molecule has 0 unspecified atom stereocenters. The van der Waals surface area contributed by atoms with Gasteiger partial charge in [-0.3, -0.25) is 4.79 Å². The zero-order valence-electron chi connectivity index (χ0n) is 11.2. The number of rotatable bonds is 3. The van der Waals surface area contributed by atoms with Crippen molar-refractivity contribution in [1.29, 1.82) is 0 Å². The van der Waals surface area contributed by atoms with Gasteiger partial charge in [-0.15, -0.1) is 0 Å². The van der Waals surface area contributed by atoms with Gasteiger partial charge in [-0.1, -0.05) is 6.07 Å². The second-order valence-corrected chi connectivity index (χ2v) is 4.47. The number of nitrogens with two attached hydrogens (primary N) is 1. The Balaban J connectivity index is 2.29. The summed E-state index contributed by atoms with van der Waals surface area (Å²) in [7, 11) is 0.